The largest absolute Gasteiger partial charge is 0.392 e. The fraction of sp³-hybridized carbons (Fsp3) is 0.846. The molecule has 1 amide bonds. The number of carbonyl (C=O) groups excluding carboxylic acids is 1. The summed E-state index contributed by atoms with van der Waals surface area (Å²) in [5.74, 6) is 0.171. The fourth-order valence-electron chi connectivity index (χ4n) is 1.75. The quantitative estimate of drug-likeness (QED) is 0.511. The SMILES string of the molecule is CCCCCCCC(=O)N(CC(N)=S)C(C)C. The Morgan fingerprint density at radius 2 is 1.82 bits per heavy atom. The molecule has 0 aromatic rings. The third-order valence-corrected chi connectivity index (χ3v) is 2.89. The lowest BCUT2D eigenvalue weighted by atomic mass is 10.1. The second-order valence-corrected chi connectivity index (χ2v) is 5.27. The number of amides is 1. The van der Waals surface area contributed by atoms with Gasteiger partial charge in [0, 0.05) is 12.5 Å². The molecule has 17 heavy (non-hydrogen) atoms. The summed E-state index contributed by atoms with van der Waals surface area (Å²) in [6.45, 7) is 6.58. The molecule has 100 valence electrons. The van der Waals surface area contributed by atoms with Crippen LogP contribution in [0.2, 0.25) is 0 Å². The van der Waals surface area contributed by atoms with E-state index < -0.39 is 0 Å². The Morgan fingerprint density at radius 3 is 2.29 bits per heavy atom. The molecule has 0 bridgehead atoms. The molecule has 0 aliphatic carbocycles. The van der Waals surface area contributed by atoms with Gasteiger partial charge in [0.25, 0.3) is 0 Å². The van der Waals surface area contributed by atoms with Crippen LogP contribution in [0, 0.1) is 0 Å². The zero-order chi connectivity index (χ0) is 13.3. The minimum atomic E-state index is 0.166. The average Bonchev–Trinajstić information content (AvgIpc) is 2.24. The van der Waals surface area contributed by atoms with E-state index in [9.17, 15) is 4.79 Å². The van der Waals surface area contributed by atoms with Crippen LogP contribution < -0.4 is 5.73 Å². The van der Waals surface area contributed by atoms with Crippen LogP contribution in [-0.2, 0) is 4.79 Å². The van der Waals surface area contributed by atoms with Crippen LogP contribution in [0.3, 0.4) is 0 Å². The van der Waals surface area contributed by atoms with Crippen LogP contribution in [-0.4, -0.2) is 28.4 Å². The van der Waals surface area contributed by atoms with Crippen LogP contribution in [0.25, 0.3) is 0 Å². The maximum absolute atomic E-state index is 12.0. The molecule has 0 aromatic carbocycles. The van der Waals surface area contributed by atoms with Crippen LogP contribution in [0.1, 0.15) is 59.3 Å². The van der Waals surface area contributed by atoms with E-state index in [-0.39, 0.29) is 11.9 Å². The van der Waals surface area contributed by atoms with Crippen molar-refractivity contribution in [3.8, 4) is 0 Å². The number of thiocarbonyl (C=S) groups is 1. The molecule has 0 heterocycles. The van der Waals surface area contributed by atoms with Crippen molar-refractivity contribution in [3.05, 3.63) is 0 Å². The smallest absolute Gasteiger partial charge is 0.223 e. The lowest BCUT2D eigenvalue weighted by Crippen LogP contribution is -2.42. The number of unbranched alkanes of at least 4 members (excludes halogenated alkanes) is 4. The second kappa shape index (κ2) is 9.40. The van der Waals surface area contributed by atoms with Crippen molar-refractivity contribution in [1.29, 1.82) is 0 Å². The standard InChI is InChI=1S/C13H26N2OS/c1-4-5-6-7-8-9-13(16)15(11(2)3)10-12(14)17/h11H,4-10H2,1-3H3,(H2,14,17). The van der Waals surface area contributed by atoms with Crippen molar-refractivity contribution >= 4 is 23.1 Å². The van der Waals surface area contributed by atoms with Gasteiger partial charge in [0.1, 0.15) is 0 Å². The molecule has 0 saturated carbocycles. The monoisotopic (exact) mass is 258 g/mol. The zero-order valence-corrected chi connectivity index (χ0v) is 12.2. The van der Waals surface area contributed by atoms with Gasteiger partial charge in [-0.1, -0.05) is 44.8 Å². The fourth-order valence-corrected chi connectivity index (χ4v) is 1.89. The maximum Gasteiger partial charge on any atom is 0.223 e. The summed E-state index contributed by atoms with van der Waals surface area (Å²) in [5, 5.41) is 0. The lowest BCUT2D eigenvalue weighted by molar-refractivity contribution is -0.132. The molecule has 0 aliphatic rings. The van der Waals surface area contributed by atoms with Gasteiger partial charge >= 0.3 is 0 Å². The predicted octanol–water partition coefficient (Wildman–Crippen LogP) is 2.87. The number of nitrogens with zero attached hydrogens (tertiary/aromatic N) is 1. The summed E-state index contributed by atoms with van der Waals surface area (Å²) in [7, 11) is 0. The van der Waals surface area contributed by atoms with Crippen LogP contribution in [0.15, 0.2) is 0 Å². The van der Waals surface area contributed by atoms with E-state index in [1.807, 2.05) is 13.8 Å². The minimum absolute atomic E-state index is 0.166. The van der Waals surface area contributed by atoms with Crippen molar-refractivity contribution in [2.24, 2.45) is 5.73 Å². The molecule has 0 rings (SSSR count). The average molecular weight is 258 g/mol. The molecule has 0 aromatic heterocycles. The third-order valence-electron chi connectivity index (χ3n) is 2.76. The molecular weight excluding hydrogens is 232 g/mol. The Hall–Kier alpha value is -0.640. The Morgan fingerprint density at radius 1 is 1.24 bits per heavy atom. The molecular formula is C13H26N2OS. The number of hydrogen-bond donors (Lipinski definition) is 1. The molecule has 2 N–H and O–H groups in total. The van der Waals surface area contributed by atoms with Gasteiger partial charge in [0.2, 0.25) is 5.91 Å². The van der Waals surface area contributed by atoms with E-state index >= 15 is 0 Å². The van der Waals surface area contributed by atoms with Crippen molar-refractivity contribution in [2.75, 3.05) is 6.54 Å². The number of rotatable bonds is 9. The van der Waals surface area contributed by atoms with Gasteiger partial charge < -0.3 is 10.6 Å². The minimum Gasteiger partial charge on any atom is -0.392 e. The van der Waals surface area contributed by atoms with Gasteiger partial charge in [-0.05, 0) is 20.3 Å². The molecule has 0 unspecified atom stereocenters. The molecule has 0 radical (unpaired) electrons. The first-order valence-electron chi connectivity index (χ1n) is 6.56. The highest BCUT2D eigenvalue weighted by atomic mass is 32.1. The summed E-state index contributed by atoms with van der Waals surface area (Å²) in [4.78, 5) is 14.1. The van der Waals surface area contributed by atoms with E-state index in [4.69, 9.17) is 18.0 Å². The highest BCUT2D eigenvalue weighted by Gasteiger charge is 2.16. The van der Waals surface area contributed by atoms with E-state index in [2.05, 4.69) is 6.92 Å². The van der Waals surface area contributed by atoms with Gasteiger partial charge in [-0.2, -0.15) is 0 Å². The van der Waals surface area contributed by atoms with Gasteiger partial charge in [-0.3, -0.25) is 4.79 Å². The molecule has 4 heteroatoms. The lowest BCUT2D eigenvalue weighted by Gasteiger charge is -2.26. The predicted molar refractivity (Wildman–Crippen MR) is 77.0 cm³/mol. The van der Waals surface area contributed by atoms with Gasteiger partial charge in [-0.15, -0.1) is 0 Å². The Labute approximate surface area is 111 Å². The number of hydrogen-bond acceptors (Lipinski definition) is 2. The Balaban J connectivity index is 3.94. The highest BCUT2D eigenvalue weighted by molar-refractivity contribution is 7.80. The number of carbonyl (C=O) groups is 1. The van der Waals surface area contributed by atoms with E-state index in [0.717, 1.165) is 12.8 Å². The summed E-state index contributed by atoms with van der Waals surface area (Å²) in [6, 6.07) is 0.166. The number of nitrogens with two attached hydrogens (primary N) is 1. The van der Waals surface area contributed by atoms with Crippen LogP contribution >= 0.6 is 12.2 Å². The maximum atomic E-state index is 12.0. The third kappa shape index (κ3) is 8.13. The van der Waals surface area contributed by atoms with Crippen LogP contribution in [0.5, 0.6) is 0 Å². The first kappa shape index (κ1) is 16.4. The normalized spacial score (nSPS) is 10.6. The summed E-state index contributed by atoms with van der Waals surface area (Å²) >= 11 is 4.86. The van der Waals surface area contributed by atoms with Crippen LogP contribution in [0.4, 0.5) is 0 Å². The summed E-state index contributed by atoms with van der Waals surface area (Å²) in [5.41, 5.74) is 5.50. The molecule has 0 spiro atoms. The van der Waals surface area contributed by atoms with Gasteiger partial charge in [0.15, 0.2) is 0 Å². The van der Waals surface area contributed by atoms with Gasteiger partial charge in [0.05, 0.1) is 11.5 Å². The molecule has 0 aliphatic heterocycles. The Bertz CT molecular complexity index is 242. The second-order valence-electron chi connectivity index (χ2n) is 4.75. The molecule has 0 fully saturated rings. The first-order valence-corrected chi connectivity index (χ1v) is 6.97. The highest BCUT2D eigenvalue weighted by Crippen LogP contribution is 2.08. The Kier molecular flexibility index (Phi) is 9.04. The molecule has 0 saturated heterocycles. The zero-order valence-electron chi connectivity index (χ0n) is 11.4. The topological polar surface area (TPSA) is 46.3 Å². The van der Waals surface area contributed by atoms with Crippen molar-refractivity contribution in [2.45, 2.75) is 65.3 Å². The first-order chi connectivity index (χ1) is 7.99. The molecule has 3 nitrogen and oxygen atoms in total. The van der Waals surface area contributed by atoms with E-state index in [1.165, 1.54) is 19.3 Å². The summed E-state index contributed by atoms with van der Waals surface area (Å²) in [6.07, 6.45) is 6.44. The van der Waals surface area contributed by atoms with Gasteiger partial charge in [-0.25, -0.2) is 0 Å². The van der Waals surface area contributed by atoms with Crippen molar-refractivity contribution in [1.82, 2.24) is 4.90 Å². The summed E-state index contributed by atoms with van der Waals surface area (Å²) < 4.78 is 0. The molecule has 0 atom stereocenters. The van der Waals surface area contributed by atoms with E-state index in [1.54, 1.807) is 4.90 Å². The van der Waals surface area contributed by atoms with Crippen molar-refractivity contribution < 1.29 is 4.79 Å². The van der Waals surface area contributed by atoms with E-state index in [0.29, 0.717) is 18.0 Å². The van der Waals surface area contributed by atoms with Crippen molar-refractivity contribution in [3.63, 3.8) is 0 Å².